The molecule has 2 unspecified atom stereocenters. The highest BCUT2D eigenvalue weighted by Gasteiger charge is 2.41. The van der Waals surface area contributed by atoms with Crippen molar-refractivity contribution in [2.24, 2.45) is 0 Å². The van der Waals surface area contributed by atoms with Crippen molar-refractivity contribution in [3.05, 3.63) is 103 Å². The Kier molecular flexibility index (Phi) is 7.25. The molecule has 2 aliphatic rings. The van der Waals surface area contributed by atoms with E-state index in [-0.39, 0.29) is 12.5 Å². The number of hydrogen-bond donors (Lipinski definition) is 1. The van der Waals surface area contributed by atoms with Crippen molar-refractivity contribution in [1.29, 1.82) is 0 Å². The van der Waals surface area contributed by atoms with E-state index in [1.807, 2.05) is 24.3 Å². The molecule has 2 saturated carbocycles. The molecular weight excluding hydrogens is 609 g/mol. The lowest BCUT2D eigenvalue weighted by Crippen LogP contribution is -2.22. The zero-order valence-electron chi connectivity index (χ0n) is 20.4. The molecule has 1 aromatic heterocycles. The SMILES string of the molecule is OC1(c2ccc(OCc3c(-c4c(Cl)cccc4Cl)noc3C3CC3)cc2Cl)CCC(c2cccc(Br)c2)C1. The van der Waals surface area contributed by atoms with Crippen molar-refractivity contribution in [3.63, 3.8) is 0 Å². The summed E-state index contributed by atoms with van der Waals surface area (Å²) in [5.74, 6) is 2.02. The molecule has 0 bridgehead atoms. The van der Waals surface area contributed by atoms with E-state index in [2.05, 4.69) is 33.2 Å². The second kappa shape index (κ2) is 10.5. The molecule has 6 rings (SSSR count). The molecule has 38 heavy (non-hydrogen) atoms. The molecular formula is C30H25BrCl3NO3. The Morgan fingerprint density at radius 1 is 0.947 bits per heavy atom. The molecule has 8 heteroatoms. The summed E-state index contributed by atoms with van der Waals surface area (Å²) in [5.41, 5.74) is 3.06. The van der Waals surface area contributed by atoms with E-state index in [0.717, 1.165) is 40.6 Å². The fourth-order valence-corrected chi connectivity index (χ4v) is 6.82. The van der Waals surface area contributed by atoms with Gasteiger partial charge in [-0.15, -0.1) is 0 Å². The van der Waals surface area contributed by atoms with Gasteiger partial charge in [0, 0.05) is 21.5 Å². The minimum absolute atomic E-state index is 0.233. The molecule has 0 radical (unpaired) electrons. The van der Waals surface area contributed by atoms with Crippen molar-refractivity contribution in [3.8, 4) is 17.0 Å². The highest BCUT2D eigenvalue weighted by molar-refractivity contribution is 9.10. The van der Waals surface area contributed by atoms with E-state index in [9.17, 15) is 5.11 Å². The summed E-state index contributed by atoms with van der Waals surface area (Å²) in [6.45, 7) is 0.233. The quantitative estimate of drug-likeness (QED) is 0.220. The zero-order valence-corrected chi connectivity index (χ0v) is 24.2. The topological polar surface area (TPSA) is 55.5 Å². The Bertz CT molecular complexity index is 1480. The van der Waals surface area contributed by atoms with Gasteiger partial charge < -0.3 is 14.4 Å². The molecule has 0 saturated heterocycles. The van der Waals surface area contributed by atoms with Crippen molar-refractivity contribution in [2.75, 3.05) is 0 Å². The number of rotatable bonds is 7. The molecule has 2 aliphatic carbocycles. The van der Waals surface area contributed by atoms with Gasteiger partial charge in [0.05, 0.1) is 26.2 Å². The summed E-state index contributed by atoms with van der Waals surface area (Å²) in [5, 5.41) is 17.4. The van der Waals surface area contributed by atoms with E-state index in [4.69, 9.17) is 44.1 Å². The van der Waals surface area contributed by atoms with E-state index in [1.165, 1.54) is 5.56 Å². The largest absolute Gasteiger partial charge is 0.489 e. The summed E-state index contributed by atoms with van der Waals surface area (Å²) in [6, 6.07) is 19.2. The minimum Gasteiger partial charge on any atom is -0.489 e. The minimum atomic E-state index is -0.982. The third kappa shape index (κ3) is 5.12. The Hall–Kier alpha value is -2.02. The lowest BCUT2D eigenvalue weighted by Gasteiger charge is -2.25. The van der Waals surface area contributed by atoms with Gasteiger partial charge in [-0.2, -0.15) is 0 Å². The Labute approximate surface area is 245 Å². The Morgan fingerprint density at radius 3 is 2.42 bits per heavy atom. The number of ether oxygens (including phenoxy) is 1. The van der Waals surface area contributed by atoms with Gasteiger partial charge in [0.1, 0.15) is 23.8 Å². The van der Waals surface area contributed by atoms with E-state index < -0.39 is 5.60 Å². The predicted octanol–water partition coefficient (Wildman–Crippen LogP) is 9.68. The van der Waals surface area contributed by atoms with Crippen LogP contribution in [0.2, 0.25) is 15.1 Å². The second-order valence-corrected chi connectivity index (χ2v) is 12.3. The highest BCUT2D eigenvalue weighted by atomic mass is 79.9. The lowest BCUT2D eigenvalue weighted by atomic mass is 9.89. The monoisotopic (exact) mass is 631 g/mol. The third-order valence-corrected chi connectivity index (χ3v) is 9.04. The van der Waals surface area contributed by atoms with Crippen molar-refractivity contribution >= 4 is 50.7 Å². The number of halogens is 4. The lowest BCUT2D eigenvalue weighted by molar-refractivity contribution is 0.0429. The third-order valence-electron chi connectivity index (χ3n) is 7.60. The molecule has 1 heterocycles. The van der Waals surface area contributed by atoms with Gasteiger partial charge in [0.15, 0.2) is 0 Å². The molecule has 4 aromatic rings. The van der Waals surface area contributed by atoms with Crippen molar-refractivity contribution in [2.45, 2.75) is 56.1 Å². The number of benzene rings is 3. The normalized spacial score (nSPS) is 21.1. The molecule has 4 nitrogen and oxygen atoms in total. The van der Waals surface area contributed by atoms with Crippen LogP contribution >= 0.6 is 50.7 Å². The second-order valence-electron chi connectivity index (χ2n) is 10.2. The van der Waals surface area contributed by atoms with Crippen LogP contribution in [-0.4, -0.2) is 10.3 Å². The van der Waals surface area contributed by atoms with Crippen LogP contribution in [0.3, 0.4) is 0 Å². The number of aliphatic hydroxyl groups is 1. The molecule has 2 fully saturated rings. The first-order valence-electron chi connectivity index (χ1n) is 12.7. The fourth-order valence-electron chi connectivity index (χ4n) is 5.48. The predicted molar refractivity (Wildman–Crippen MR) is 154 cm³/mol. The molecule has 196 valence electrons. The van der Waals surface area contributed by atoms with Gasteiger partial charge in [0.2, 0.25) is 0 Å². The first-order chi connectivity index (χ1) is 18.3. The number of aromatic nitrogens is 1. The van der Waals surface area contributed by atoms with Crippen LogP contribution in [0.15, 0.2) is 69.7 Å². The smallest absolute Gasteiger partial charge is 0.147 e. The highest BCUT2D eigenvalue weighted by Crippen LogP contribution is 2.49. The summed E-state index contributed by atoms with van der Waals surface area (Å²) < 4.78 is 13.0. The van der Waals surface area contributed by atoms with Crippen LogP contribution in [0.1, 0.15) is 66.4 Å². The van der Waals surface area contributed by atoms with Crippen LogP contribution < -0.4 is 4.74 Å². The first-order valence-corrected chi connectivity index (χ1v) is 14.6. The van der Waals surface area contributed by atoms with Crippen LogP contribution in [0, 0.1) is 0 Å². The maximum Gasteiger partial charge on any atom is 0.147 e. The zero-order chi connectivity index (χ0) is 26.4. The van der Waals surface area contributed by atoms with Crippen LogP contribution in [0.25, 0.3) is 11.3 Å². The standard InChI is InChI=1S/C30H25BrCl3NO3/c31-20-4-1-3-18(13-20)19-11-12-30(36,15-19)23-10-9-21(14-26(23)34)37-16-22-28(35-38-29(22)17-7-8-17)27-24(32)5-2-6-25(27)33/h1-6,9-10,13-14,17,19,36H,7-8,11-12,15-16H2. The van der Waals surface area contributed by atoms with Gasteiger partial charge in [-0.25, -0.2) is 0 Å². The summed E-state index contributed by atoms with van der Waals surface area (Å²) >= 11 is 23.2. The molecule has 0 spiro atoms. The maximum atomic E-state index is 11.6. The summed E-state index contributed by atoms with van der Waals surface area (Å²) in [7, 11) is 0. The van der Waals surface area contributed by atoms with Gasteiger partial charge in [-0.05, 0) is 80.0 Å². The van der Waals surface area contributed by atoms with Crippen LogP contribution in [0.4, 0.5) is 0 Å². The van der Waals surface area contributed by atoms with E-state index in [0.29, 0.717) is 50.8 Å². The van der Waals surface area contributed by atoms with Gasteiger partial charge >= 0.3 is 0 Å². The number of hydrogen-bond acceptors (Lipinski definition) is 4. The van der Waals surface area contributed by atoms with E-state index >= 15 is 0 Å². The summed E-state index contributed by atoms with van der Waals surface area (Å²) in [6.07, 6.45) is 4.27. The van der Waals surface area contributed by atoms with Gasteiger partial charge in [-0.1, -0.05) is 80.2 Å². The molecule has 2 atom stereocenters. The average Bonchev–Trinajstić information content (AvgIpc) is 3.53. The summed E-state index contributed by atoms with van der Waals surface area (Å²) in [4.78, 5) is 0. The Balaban J connectivity index is 1.22. The Morgan fingerprint density at radius 2 is 1.71 bits per heavy atom. The molecule has 0 amide bonds. The van der Waals surface area contributed by atoms with Gasteiger partial charge in [-0.3, -0.25) is 0 Å². The molecule has 1 N–H and O–H groups in total. The van der Waals surface area contributed by atoms with Crippen molar-refractivity contribution < 1.29 is 14.4 Å². The molecule has 0 aliphatic heterocycles. The fraction of sp³-hybridized carbons (Fsp3) is 0.300. The van der Waals surface area contributed by atoms with Crippen LogP contribution in [-0.2, 0) is 12.2 Å². The average molecular weight is 634 g/mol. The first kappa shape index (κ1) is 26.2. The molecule has 3 aromatic carbocycles. The van der Waals surface area contributed by atoms with Gasteiger partial charge in [0.25, 0.3) is 0 Å². The maximum absolute atomic E-state index is 11.6. The van der Waals surface area contributed by atoms with Crippen LogP contribution in [0.5, 0.6) is 5.75 Å². The van der Waals surface area contributed by atoms with Crippen molar-refractivity contribution in [1.82, 2.24) is 5.16 Å². The van der Waals surface area contributed by atoms with E-state index in [1.54, 1.807) is 24.3 Å². The number of nitrogens with zero attached hydrogens (tertiary/aromatic N) is 1.